The lowest BCUT2D eigenvalue weighted by Gasteiger charge is -2.24. The summed E-state index contributed by atoms with van der Waals surface area (Å²) in [5.41, 5.74) is 2.16. The molecule has 1 heterocycles. The van der Waals surface area contributed by atoms with Gasteiger partial charge in [-0.3, -0.25) is 4.79 Å². The summed E-state index contributed by atoms with van der Waals surface area (Å²) in [6, 6.07) is 18.1. The number of amides is 1. The summed E-state index contributed by atoms with van der Waals surface area (Å²) < 4.78 is 16.2. The minimum absolute atomic E-state index is 0.133. The number of hydrogen-bond donors (Lipinski definition) is 0. The van der Waals surface area contributed by atoms with Crippen LogP contribution in [0.2, 0.25) is 5.02 Å². The summed E-state index contributed by atoms with van der Waals surface area (Å²) in [5, 5.41) is 0.721. The highest BCUT2D eigenvalue weighted by atomic mass is 35.5. The van der Waals surface area contributed by atoms with Crippen LogP contribution in [0.4, 0.5) is 4.39 Å². The lowest BCUT2D eigenvalue weighted by molar-refractivity contribution is 0.0721. The molecule has 0 radical (unpaired) electrons. The average molecular weight is 383 g/mol. The Hall–Kier alpha value is -2.59. The Balaban J connectivity index is 1.57. The zero-order chi connectivity index (χ0) is 18.8. The molecule has 0 atom stereocenters. The van der Waals surface area contributed by atoms with Gasteiger partial charge in [0.25, 0.3) is 5.91 Å². The summed E-state index contributed by atoms with van der Waals surface area (Å²) in [6.07, 6.45) is 3.91. The number of halogens is 2. The summed E-state index contributed by atoms with van der Waals surface area (Å²) in [7, 11) is 0. The first-order valence-corrected chi connectivity index (χ1v) is 9.44. The molecule has 3 nitrogen and oxygen atoms in total. The van der Waals surface area contributed by atoms with Gasteiger partial charge in [-0.2, -0.15) is 0 Å². The Morgan fingerprint density at radius 3 is 2.56 bits per heavy atom. The van der Waals surface area contributed by atoms with Crippen molar-refractivity contribution in [1.29, 1.82) is 0 Å². The molecule has 2 aromatic carbocycles. The van der Waals surface area contributed by atoms with Crippen LogP contribution in [-0.2, 0) is 13.1 Å². The van der Waals surface area contributed by atoms with Crippen LogP contribution in [0.5, 0.6) is 0 Å². The van der Waals surface area contributed by atoms with Crippen LogP contribution in [0.25, 0.3) is 0 Å². The number of hydrogen-bond acceptors (Lipinski definition) is 1. The Labute approximate surface area is 163 Å². The summed E-state index contributed by atoms with van der Waals surface area (Å²) >= 11 is 6.29. The van der Waals surface area contributed by atoms with Gasteiger partial charge in [0.15, 0.2) is 0 Å². The molecule has 4 rings (SSSR count). The van der Waals surface area contributed by atoms with Gasteiger partial charge < -0.3 is 9.47 Å². The van der Waals surface area contributed by atoms with E-state index in [9.17, 15) is 9.18 Å². The van der Waals surface area contributed by atoms with Crippen LogP contribution < -0.4 is 0 Å². The second-order valence-electron chi connectivity index (χ2n) is 6.86. The third-order valence-electron chi connectivity index (χ3n) is 4.91. The van der Waals surface area contributed by atoms with E-state index in [4.69, 9.17) is 11.6 Å². The number of nitrogens with zero attached hydrogens (tertiary/aromatic N) is 2. The summed E-state index contributed by atoms with van der Waals surface area (Å²) in [4.78, 5) is 14.7. The quantitative estimate of drug-likeness (QED) is 0.580. The van der Waals surface area contributed by atoms with E-state index in [0.717, 1.165) is 29.1 Å². The zero-order valence-corrected chi connectivity index (χ0v) is 15.6. The molecule has 27 heavy (non-hydrogen) atoms. The number of rotatable bonds is 6. The molecule has 0 N–H and O–H groups in total. The first-order chi connectivity index (χ1) is 13.1. The van der Waals surface area contributed by atoms with Crippen molar-refractivity contribution in [2.24, 2.45) is 0 Å². The molecule has 0 bridgehead atoms. The Bertz CT molecular complexity index is 964. The van der Waals surface area contributed by atoms with Crippen LogP contribution in [0.3, 0.4) is 0 Å². The third-order valence-corrected chi connectivity index (χ3v) is 5.28. The maximum absolute atomic E-state index is 14.1. The van der Waals surface area contributed by atoms with Crippen molar-refractivity contribution < 1.29 is 9.18 Å². The second-order valence-corrected chi connectivity index (χ2v) is 7.27. The number of aromatic nitrogens is 1. The molecule has 5 heteroatoms. The van der Waals surface area contributed by atoms with Gasteiger partial charge >= 0.3 is 0 Å². The van der Waals surface area contributed by atoms with E-state index in [0.29, 0.717) is 13.1 Å². The fourth-order valence-electron chi connectivity index (χ4n) is 3.27. The van der Waals surface area contributed by atoms with E-state index in [1.807, 2.05) is 42.6 Å². The van der Waals surface area contributed by atoms with Crippen LogP contribution in [-0.4, -0.2) is 21.4 Å². The third kappa shape index (κ3) is 3.91. The number of carbonyl (C=O) groups is 1. The van der Waals surface area contributed by atoms with Crippen molar-refractivity contribution in [3.8, 4) is 0 Å². The number of benzene rings is 2. The monoisotopic (exact) mass is 382 g/mol. The van der Waals surface area contributed by atoms with Gasteiger partial charge in [-0.05, 0) is 48.7 Å². The highest BCUT2D eigenvalue weighted by Gasteiger charge is 2.34. The fourth-order valence-corrected chi connectivity index (χ4v) is 3.47. The molecular formula is C22H20ClFN2O. The van der Waals surface area contributed by atoms with Gasteiger partial charge in [0.05, 0.1) is 12.1 Å². The minimum atomic E-state index is -0.473. The highest BCUT2D eigenvalue weighted by molar-refractivity contribution is 6.31. The normalized spacial score (nSPS) is 13.6. The van der Waals surface area contributed by atoms with E-state index in [1.54, 1.807) is 23.1 Å². The Kier molecular flexibility index (Phi) is 4.99. The zero-order valence-electron chi connectivity index (χ0n) is 14.8. The Morgan fingerprint density at radius 1 is 1.07 bits per heavy atom. The van der Waals surface area contributed by atoms with Gasteiger partial charge in [-0.15, -0.1) is 0 Å². The molecule has 1 fully saturated rings. The largest absolute Gasteiger partial charge is 0.345 e. The first kappa shape index (κ1) is 17.8. The molecule has 1 aromatic heterocycles. The SMILES string of the molecule is O=C(c1ccccc1F)N(Cc1cccn1Cc1ccccc1Cl)C1CC1. The molecule has 1 saturated carbocycles. The number of carbonyl (C=O) groups excluding carboxylic acids is 1. The molecular weight excluding hydrogens is 363 g/mol. The van der Waals surface area contributed by atoms with Gasteiger partial charge in [0.2, 0.25) is 0 Å². The lowest BCUT2D eigenvalue weighted by atomic mass is 10.1. The average Bonchev–Trinajstić information content (AvgIpc) is 3.42. The van der Waals surface area contributed by atoms with Gasteiger partial charge in [-0.1, -0.05) is 41.9 Å². The first-order valence-electron chi connectivity index (χ1n) is 9.06. The molecule has 0 saturated heterocycles. The lowest BCUT2D eigenvalue weighted by Crippen LogP contribution is -2.34. The second kappa shape index (κ2) is 7.57. The minimum Gasteiger partial charge on any atom is -0.345 e. The molecule has 1 aliphatic carbocycles. The van der Waals surface area contributed by atoms with Crippen molar-refractivity contribution in [3.05, 3.63) is 94.5 Å². The maximum Gasteiger partial charge on any atom is 0.257 e. The van der Waals surface area contributed by atoms with Crippen LogP contribution in [0.1, 0.15) is 34.5 Å². The summed E-state index contributed by atoms with van der Waals surface area (Å²) in [6.45, 7) is 1.09. The molecule has 3 aromatic rings. The van der Waals surface area contributed by atoms with Crippen molar-refractivity contribution in [3.63, 3.8) is 0 Å². The molecule has 0 aliphatic heterocycles. The van der Waals surface area contributed by atoms with Crippen LogP contribution >= 0.6 is 11.6 Å². The van der Waals surface area contributed by atoms with Crippen molar-refractivity contribution in [2.45, 2.75) is 32.0 Å². The Morgan fingerprint density at radius 2 is 1.81 bits per heavy atom. The molecule has 138 valence electrons. The molecule has 1 aliphatic rings. The van der Waals surface area contributed by atoms with Crippen molar-refractivity contribution in [1.82, 2.24) is 9.47 Å². The van der Waals surface area contributed by atoms with Crippen LogP contribution in [0, 0.1) is 5.82 Å². The molecule has 0 spiro atoms. The predicted octanol–water partition coefficient (Wildman–Crippen LogP) is 5.13. The smallest absolute Gasteiger partial charge is 0.257 e. The molecule has 0 unspecified atom stereocenters. The van der Waals surface area contributed by atoms with Gasteiger partial charge in [0.1, 0.15) is 5.82 Å². The van der Waals surface area contributed by atoms with Gasteiger partial charge in [0, 0.05) is 29.5 Å². The van der Waals surface area contributed by atoms with E-state index < -0.39 is 5.82 Å². The van der Waals surface area contributed by atoms with E-state index in [1.165, 1.54) is 6.07 Å². The fraction of sp³-hybridized carbons (Fsp3) is 0.227. The highest BCUT2D eigenvalue weighted by Crippen LogP contribution is 2.30. The maximum atomic E-state index is 14.1. The van der Waals surface area contributed by atoms with Crippen LogP contribution in [0.15, 0.2) is 66.9 Å². The van der Waals surface area contributed by atoms with Gasteiger partial charge in [-0.25, -0.2) is 4.39 Å². The molecule has 1 amide bonds. The van der Waals surface area contributed by atoms with Crippen molar-refractivity contribution >= 4 is 17.5 Å². The predicted molar refractivity (Wildman–Crippen MR) is 104 cm³/mol. The summed E-state index contributed by atoms with van der Waals surface area (Å²) in [5.74, 6) is -0.722. The van der Waals surface area contributed by atoms with E-state index in [-0.39, 0.29) is 17.5 Å². The van der Waals surface area contributed by atoms with Crippen molar-refractivity contribution in [2.75, 3.05) is 0 Å². The van der Waals surface area contributed by atoms with E-state index >= 15 is 0 Å². The topological polar surface area (TPSA) is 25.2 Å². The standard InChI is InChI=1S/C22H20ClFN2O/c23-20-9-3-1-6-16(20)14-25-13-5-7-18(25)15-26(17-11-12-17)22(27)19-8-2-4-10-21(19)24/h1-10,13,17H,11-12,14-15H2. The van der Waals surface area contributed by atoms with E-state index in [2.05, 4.69) is 4.57 Å².